The lowest BCUT2D eigenvalue weighted by molar-refractivity contribution is -0.402. The van der Waals surface area contributed by atoms with Crippen molar-refractivity contribution in [2.24, 2.45) is 0 Å². The van der Waals surface area contributed by atoms with Crippen molar-refractivity contribution in [1.29, 1.82) is 0 Å². The summed E-state index contributed by atoms with van der Waals surface area (Å²) in [5.41, 5.74) is 0.987. The van der Waals surface area contributed by atoms with Crippen molar-refractivity contribution in [3.63, 3.8) is 0 Å². The number of hydrogen-bond donors (Lipinski definition) is 0. The molecule has 0 N–H and O–H groups in total. The minimum Gasteiger partial charge on any atom is -0.395 e. The molecule has 0 aliphatic carbocycles. The molecule has 21 heavy (non-hydrogen) atoms. The van der Waals surface area contributed by atoms with Gasteiger partial charge in [-0.25, -0.2) is 0 Å². The highest BCUT2D eigenvalue weighted by Gasteiger charge is 2.24. The second kappa shape index (κ2) is 6.21. The third-order valence-electron chi connectivity index (χ3n) is 3.06. The third-order valence-corrected chi connectivity index (χ3v) is 3.06. The second-order valence-corrected chi connectivity index (χ2v) is 4.91. The molecule has 6 nitrogen and oxygen atoms in total. The summed E-state index contributed by atoms with van der Waals surface area (Å²) in [6, 6.07) is 12.0. The fraction of sp³-hybridized carbons (Fsp3) is 0.267. The summed E-state index contributed by atoms with van der Waals surface area (Å²) >= 11 is 0. The van der Waals surface area contributed by atoms with E-state index in [0.717, 1.165) is 5.56 Å². The molecule has 0 atom stereocenters. The van der Waals surface area contributed by atoms with Gasteiger partial charge in [-0.05, 0) is 25.5 Å². The number of amides is 1. The smallest absolute Gasteiger partial charge is 0.395 e. The fourth-order valence-corrected chi connectivity index (χ4v) is 1.95. The van der Waals surface area contributed by atoms with E-state index in [0.29, 0.717) is 6.54 Å². The third kappa shape index (κ3) is 3.47. The maximum absolute atomic E-state index is 12.4. The molecule has 1 amide bonds. The molecule has 0 saturated carbocycles. The number of furan rings is 1. The van der Waals surface area contributed by atoms with Crippen molar-refractivity contribution in [2.75, 3.05) is 0 Å². The molecular formula is C15H16N2O4. The number of carbonyl (C=O) groups excluding carboxylic acids is 1. The Morgan fingerprint density at radius 1 is 1.24 bits per heavy atom. The molecule has 0 fully saturated rings. The molecule has 0 unspecified atom stereocenters. The van der Waals surface area contributed by atoms with Crippen LogP contribution in [-0.4, -0.2) is 21.8 Å². The molecule has 1 aromatic heterocycles. The predicted octanol–water partition coefficient (Wildman–Crippen LogP) is 3.24. The van der Waals surface area contributed by atoms with Crippen LogP contribution in [0.1, 0.15) is 30.0 Å². The van der Waals surface area contributed by atoms with E-state index < -0.39 is 10.8 Å². The van der Waals surface area contributed by atoms with Gasteiger partial charge in [0.25, 0.3) is 5.91 Å². The topological polar surface area (TPSA) is 76.6 Å². The molecule has 1 aromatic carbocycles. The average Bonchev–Trinajstić information content (AvgIpc) is 2.95. The van der Waals surface area contributed by atoms with Gasteiger partial charge >= 0.3 is 5.88 Å². The van der Waals surface area contributed by atoms with E-state index in [-0.39, 0.29) is 17.7 Å². The van der Waals surface area contributed by atoms with Crippen molar-refractivity contribution >= 4 is 11.8 Å². The SMILES string of the molecule is CC(C)N(Cc1ccccc1)C(=O)c1ccc([N+](=O)[O-])o1. The Morgan fingerprint density at radius 2 is 1.90 bits per heavy atom. The molecule has 0 aliphatic rings. The Kier molecular flexibility index (Phi) is 4.37. The lowest BCUT2D eigenvalue weighted by Gasteiger charge is -2.25. The Hall–Kier alpha value is -2.63. The Balaban J connectivity index is 2.21. The van der Waals surface area contributed by atoms with E-state index in [2.05, 4.69) is 0 Å². The maximum atomic E-state index is 12.4. The minimum atomic E-state index is -0.659. The van der Waals surface area contributed by atoms with Crippen LogP contribution in [0.2, 0.25) is 0 Å². The van der Waals surface area contributed by atoms with Crippen LogP contribution in [0.3, 0.4) is 0 Å². The van der Waals surface area contributed by atoms with Crippen molar-refractivity contribution in [3.05, 3.63) is 63.9 Å². The van der Waals surface area contributed by atoms with Crippen LogP contribution in [0, 0.1) is 10.1 Å². The predicted molar refractivity (Wildman–Crippen MR) is 76.8 cm³/mol. The first-order valence-electron chi connectivity index (χ1n) is 6.58. The lowest BCUT2D eigenvalue weighted by atomic mass is 10.2. The Morgan fingerprint density at radius 3 is 2.43 bits per heavy atom. The van der Waals surface area contributed by atoms with Crippen LogP contribution in [0.15, 0.2) is 46.9 Å². The molecule has 2 rings (SSSR count). The summed E-state index contributed by atoms with van der Waals surface area (Å²) < 4.78 is 4.99. The molecule has 0 bridgehead atoms. The highest BCUT2D eigenvalue weighted by Crippen LogP contribution is 2.19. The number of nitrogens with zero attached hydrogens (tertiary/aromatic N) is 2. The summed E-state index contributed by atoms with van der Waals surface area (Å²) in [4.78, 5) is 24.0. The van der Waals surface area contributed by atoms with E-state index in [1.165, 1.54) is 12.1 Å². The first-order chi connectivity index (χ1) is 9.99. The molecule has 0 radical (unpaired) electrons. The van der Waals surface area contributed by atoms with E-state index in [9.17, 15) is 14.9 Å². The molecule has 0 saturated heterocycles. The van der Waals surface area contributed by atoms with Crippen molar-refractivity contribution in [3.8, 4) is 0 Å². The minimum absolute atomic E-state index is 0.0219. The zero-order valence-electron chi connectivity index (χ0n) is 11.9. The zero-order chi connectivity index (χ0) is 15.4. The first kappa shape index (κ1) is 14.8. The van der Waals surface area contributed by atoms with Crippen LogP contribution in [0.4, 0.5) is 5.88 Å². The van der Waals surface area contributed by atoms with Gasteiger partial charge in [0, 0.05) is 12.6 Å². The van der Waals surface area contributed by atoms with Gasteiger partial charge in [-0.15, -0.1) is 0 Å². The van der Waals surface area contributed by atoms with Gasteiger partial charge in [-0.1, -0.05) is 30.3 Å². The standard InChI is InChI=1S/C15H16N2O4/c1-11(2)16(10-12-6-4-3-5-7-12)15(18)13-8-9-14(21-13)17(19)20/h3-9,11H,10H2,1-2H3. The van der Waals surface area contributed by atoms with Crippen LogP contribution < -0.4 is 0 Å². The Labute approximate surface area is 122 Å². The van der Waals surface area contributed by atoms with E-state index in [1.54, 1.807) is 4.90 Å². The monoisotopic (exact) mass is 288 g/mol. The van der Waals surface area contributed by atoms with Crippen molar-refractivity contribution in [1.82, 2.24) is 4.90 Å². The molecule has 6 heteroatoms. The van der Waals surface area contributed by atoms with Crippen LogP contribution in [0.5, 0.6) is 0 Å². The molecule has 1 heterocycles. The fourth-order valence-electron chi connectivity index (χ4n) is 1.95. The van der Waals surface area contributed by atoms with Gasteiger partial charge in [-0.2, -0.15) is 0 Å². The quantitative estimate of drug-likeness (QED) is 0.625. The number of carbonyl (C=O) groups is 1. The lowest BCUT2D eigenvalue weighted by Crippen LogP contribution is -2.36. The highest BCUT2D eigenvalue weighted by atomic mass is 16.6. The molecular weight excluding hydrogens is 272 g/mol. The molecule has 2 aromatic rings. The zero-order valence-corrected chi connectivity index (χ0v) is 11.9. The van der Waals surface area contributed by atoms with Crippen LogP contribution in [0.25, 0.3) is 0 Å². The van der Waals surface area contributed by atoms with Gasteiger partial charge in [0.2, 0.25) is 0 Å². The number of nitro groups is 1. The second-order valence-electron chi connectivity index (χ2n) is 4.91. The van der Waals surface area contributed by atoms with Gasteiger partial charge in [0.05, 0.1) is 6.07 Å². The van der Waals surface area contributed by atoms with Crippen molar-refractivity contribution in [2.45, 2.75) is 26.4 Å². The van der Waals surface area contributed by atoms with Crippen LogP contribution >= 0.6 is 0 Å². The van der Waals surface area contributed by atoms with Crippen LogP contribution in [-0.2, 0) is 6.54 Å². The van der Waals surface area contributed by atoms with Gasteiger partial charge in [0.15, 0.2) is 5.76 Å². The normalized spacial score (nSPS) is 10.6. The summed E-state index contributed by atoms with van der Waals surface area (Å²) in [5, 5.41) is 10.6. The molecule has 110 valence electrons. The number of hydrogen-bond acceptors (Lipinski definition) is 4. The highest BCUT2D eigenvalue weighted by molar-refractivity contribution is 5.91. The summed E-state index contributed by atoms with van der Waals surface area (Å²) in [7, 11) is 0. The summed E-state index contributed by atoms with van der Waals surface area (Å²) in [5.74, 6) is -0.810. The van der Waals surface area contributed by atoms with Gasteiger partial charge in [-0.3, -0.25) is 14.9 Å². The summed E-state index contributed by atoms with van der Waals surface area (Å²) in [6.45, 7) is 4.20. The van der Waals surface area contributed by atoms with E-state index >= 15 is 0 Å². The van der Waals surface area contributed by atoms with E-state index in [4.69, 9.17) is 4.42 Å². The van der Waals surface area contributed by atoms with Gasteiger partial charge < -0.3 is 9.32 Å². The van der Waals surface area contributed by atoms with Crippen molar-refractivity contribution < 1.29 is 14.1 Å². The average molecular weight is 288 g/mol. The maximum Gasteiger partial charge on any atom is 0.433 e. The number of rotatable bonds is 5. The first-order valence-corrected chi connectivity index (χ1v) is 6.58. The van der Waals surface area contributed by atoms with Gasteiger partial charge in [0.1, 0.15) is 4.92 Å². The van der Waals surface area contributed by atoms with E-state index in [1.807, 2.05) is 44.2 Å². The molecule has 0 aliphatic heterocycles. The largest absolute Gasteiger partial charge is 0.433 e. The number of benzene rings is 1. The Bertz CT molecular complexity index is 634. The summed E-state index contributed by atoms with van der Waals surface area (Å²) in [6.07, 6.45) is 0. The molecule has 0 spiro atoms.